The summed E-state index contributed by atoms with van der Waals surface area (Å²) in [6.45, 7) is 0.804. The summed E-state index contributed by atoms with van der Waals surface area (Å²) in [7, 11) is 0. The van der Waals surface area contributed by atoms with Crippen LogP contribution in [0, 0.1) is 0 Å². The number of aromatic nitrogens is 1. The van der Waals surface area contributed by atoms with Crippen LogP contribution >= 0.6 is 11.8 Å². The highest BCUT2D eigenvalue weighted by molar-refractivity contribution is 7.99. The minimum Gasteiger partial charge on any atom is -0.332 e. The van der Waals surface area contributed by atoms with Gasteiger partial charge in [-0.25, -0.2) is 4.98 Å². The number of hydrogen-bond donors (Lipinski definition) is 0. The standard InChI is InChI=1S/C22H20N2OS/c25-22(17-8-3-1-4-9-17)24-15-7-12-20(24)18-13-14-21(23-16-18)26-19-10-5-2-6-11-19/h1-6,8-11,13-14,16,20H,7,12,15H2. The zero-order valence-corrected chi connectivity index (χ0v) is 15.2. The highest BCUT2D eigenvalue weighted by atomic mass is 32.2. The van der Waals surface area contributed by atoms with Crippen LogP contribution in [-0.2, 0) is 0 Å². The summed E-state index contributed by atoms with van der Waals surface area (Å²) in [5.74, 6) is 0.107. The molecule has 4 heteroatoms. The molecule has 0 bridgehead atoms. The van der Waals surface area contributed by atoms with E-state index in [1.54, 1.807) is 11.8 Å². The van der Waals surface area contributed by atoms with E-state index in [4.69, 9.17) is 0 Å². The number of hydrogen-bond acceptors (Lipinski definition) is 3. The fourth-order valence-corrected chi connectivity index (χ4v) is 4.14. The van der Waals surface area contributed by atoms with Gasteiger partial charge in [0.25, 0.3) is 5.91 Å². The Morgan fingerprint density at radius 1 is 0.962 bits per heavy atom. The molecule has 130 valence electrons. The molecule has 1 aliphatic heterocycles. The maximum Gasteiger partial charge on any atom is 0.254 e. The molecule has 1 fully saturated rings. The molecule has 1 aliphatic rings. The molecule has 0 aliphatic carbocycles. The van der Waals surface area contributed by atoms with Gasteiger partial charge in [-0.3, -0.25) is 4.79 Å². The number of amides is 1. The molecule has 0 spiro atoms. The van der Waals surface area contributed by atoms with Crippen LogP contribution in [0.2, 0.25) is 0 Å². The van der Waals surface area contributed by atoms with Gasteiger partial charge in [-0.1, -0.05) is 54.2 Å². The number of likely N-dealkylation sites (tertiary alicyclic amines) is 1. The topological polar surface area (TPSA) is 33.2 Å². The number of carbonyl (C=O) groups excluding carboxylic acids is 1. The minimum atomic E-state index is 0.107. The Kier molecular flexibility index (Phi) is 5.02. The number of benzene rings is 2. The summed E-state index contributed by atoms with van der Waals surface area (Å²) in [5.41, 5.74) is 1.87. The van der Waals surface area contributed by atoms with E-state index in [1.807, 2.05) is 59.6 Å². The lowest BCUT2D eigenvalue weighted by molar-refractivity contribution is 0.0735. The molecule has 2 heterocycles. The van der Waals surface area contributed by atoms with E-state index >= 15 is 0 Å². The van der Waals surface area contributed by atoms with Gasteiger partial charge in [0.2, 0.25) is 0 Å². The van der Waals surface area contributed by atoms with Crippen molar-refractivity contribution in [2.75, 3.05) is 6.54 Å². The Bertz CT molecular complexity index is 866. The summed E-state index contributed by atoms with van der Waals surface area (Å²) in [4.78, 5) is 20.6. The smallest absolute Gasteiger partial charge is 0.254 e. The van der Waals surface area contributed by atoms with E-state index < -0.39 is 0 Å². The molecule has 3 aromatic rings. The van der Waals surface area contributed by atoms with Crippen molar-refractivity contribution in [3.8, 4) is 0 Å². The van der Waals surface area contributed by atoms with Crippen LogP contribution in [0.3, 0.4) is 0 Å². The van der Waals surface area contributed by atoms with E-state index in [9.17, 15) is 4.79 Å². The van der Waals surface area contributed by atoms with E-state index in [0.717, 1.165) is 35.5 Å². The van der Waals surface area contributed by atoms with Crippen molar-refractivity contribution in [1.82, 2.24) is 9.88 Å². The van der Waals surface area contributed by atoms with Crippen molar-refractivity contribution in [3.05, 3.63) is 90.1 Å². The quantitative estimate of drug-likeness (QED) is 0.640. The predicted octanol–water partition coefficient (Wildman–Crippen LogP) is 5.21. The van der Waals surface area contributed by atoms with E-state index in [0.29, 0.717) is 0 Å². The highest BCUT2D eigenvalue weighted by Gasteiger charge is 2.30. The van der Waals surface area contributed by atoms with Gasteiger partial charge in [0, 0.05) is 23.2 Å². The average molecular weight is 360 g/mol. The molecule has 1 aromatic heterocycles. The van der Waals surface area contributed by atoms with Crippen molar-refractivity contribution < 1.29 is 4.79 Å². The minimum absolute atomic E-state index is 0.107. The molecule has 0 saturated carbocycles. The van der Waals surface area contributed by atoms with Gasteiger partial charge in [0.1, 0.15) is 5.03 Å². The summed E-state index contributed by atoms with van der Waals surface area (Å²) < 4.78 is 0. The van der Waals surface area contributed by atoms with Gasteiger partial charge in [-0.2, -0.15) is 0 Å². The van der Waals surface area contributed by atoms with E-state index in [1.165, 1.54) is 4.90 Å². The summed E-state index contributed by atoms with van der Waals surface area (Å²) in [6, 6.07) is 24.0. The van der Waals surface area contributed by atoms with Gasteiger partial charge in [-0.05, 0) is 48.7 Å². The number of carbonyl (C=O) groups is 1. The Balaban J connectivity index is 1.50. The molecule has 3 nitrogen and oxygen atoms in total. The molecule has 4 rings (SSSR count). The van der Waals surface area contributed by atoms with Crippen molar-refractivity contribution in [2.24, 2.45) is 0 Å². The third-order valence-electron chi connectivity index (χ3n) is 4.64. The molecule has 1 unspecified atom stereocenters. The lowest BCUT2D eigenvalue weighted by atomic mass is 10.1. The number of pyridine rings is 1. The number of rotatable bonds is 4. The first kappa shape index (κ1) is 16.9. The summed E-state index contributed by atoms with van der Waals surface area (Å²) in [5, 5.41) is 0.971. The highest BCUT2D eigenvalue weighted by Crippen LogP contribution is 2.34. The molecule has 0 N–H and O–H groups in total. The SMILES string of the molecule is O=C(c1ccccc1)N1CCCC1c1ccc(Sc2ccccc2)nc1. The van der Waals surface area contributed by atoms with Crippen LogP contribution in [0.5, 0.6) is 0 Å². The zero-order valence-electron chi connectivity index (χ0n) is 14.4. The first-order valence-corrected chi connectivity index (χ1v) is 9.68. The van der Waals surface area contributed by atoms with Crippen LogP contribution in [-0.4, -0.2) is 22.3 Å². The molecular formula is C22H20N2OS. The lowest BCUT2D eigenvalue weighted by Gasteiger charge is -2.25. The van der Waals surface area contributed by atoms with Gasteiger partial charge >= 0.3 is 0 Å². The third kappa shape index (κ3) is 3.65. The third-order valence-corrected chi connectivity index (χ3v) is 5.60. The first-order chi connectivity index (χ1) is 12.8. The van der Waals surface area contributed by atoms with Crippen molar-refractivity contribution in [1.29, 1.82) is 0 Å². The van der Waals surface area contributed by atoms with Gasteiger partial charge < -0.3 is 4.90 Å². The fourth-order valence-electron chi connectivity index (χ4n) is 3.36. The summed E-state index contributed by atoms with van der Waals surface area (Å²) >= 11 is 1.65. The van der Waals surface area contributed by atoms with Gasteiger partial charge in [-0.15, -0.1) is 0 Å². The molecule has 0 radical (unpaired) electrons. The van der Waals surface area contributed by atoms with Gasteiger partial charge in [0.05, 0.1) is 6.04 Å². The fraction of sp³-hybridized carbons (Fsp3) is 0.182. The normalized spacial score (nSPS) is 16.6. The molecule has 1 saturated heterocycles. The molecule has 1 amide bonds. The van der Waals surface area contributed by atoms with Crippen LogP contribution in [0.1, 0.15) is 34.8 Å². The van der Waals surface area contributed by atoms with E-state index in [2.05, 4.69) is 29.2 Å². The largest absolute Gasteiger partial charge is 0.332 e. The van der Waals surface area contributed by atoms with Crippen molar-refractivity contribution >= 4 is 17.7 Å². The molecule has 26 heavy (non-hydrogen) atoms. The Labute approximate surface area is 158 Å². The van der Waals surface area contributed by atoms with Crippen molar-refractivity contribution in [2.45, 2.75) is 28.8 Å². The predicted molar refractivity (Wildman–Crippen MR) is 104 cm³/mol. The lowest BCUT2D eigenvalue weighted by Crippen LogP contribution is -2.30. The Morgan fingerprint density at radius 3 is 2.38 bits per heavy atom. The second-order valence-corrected chi connectivity index (χ2v) is 7.46. The van der Waals surface area contributed by atoms with Crippen molar-refractivity contribution in [3.63, 3.8) is 0 Å². The monoisotopic (exact) mass is 360 g/mol. The molecular weight excluding hydrogens is 340 g/mol. The molecule has 1 atom stereocenters. The second kappa shape index (κ2) is 7.75. The maximum atomic E-state index is 12.8. The second-order valence-electron chi connectivity index (χ2n) is 6.37. The zero-order chi connectivity index (χ0) is 17.8. The van der Waals surface area contributed by atoms with Crippen LogP contribution in [0.4, 0.5) is 0 Å². The summed E-state index contributed by atoms with van der Waals surface area (Å²) in [6.07, 6.45) is 3.95. The molecule has 2 aromatic carbocycles. The maximum absolute atomic E-state index is 12.8. The number of nitrogens with zero attached hydrogens (tertiary/aromatic N) is 2. The van der Waals surface area contributed by atoms with Crippen LogP contribution < -0.4 is 0 Å². The Hall–Kier alpha value is -2.59. The Morgan fingerprint density at radius 2 is 1.69 bits per heavy atom. The average Bonchev–Trinajstić information content (AvgIpc) is 3.19. The van der Waals surface area contributed by atoms with Gasteiger partial charge in [0.15, 0.2) is 0 Å². The van der Waals surface area contributed by atoms with Crippen LogP contribution in [0.25, 0.3) is 0 Å². The first-order valence-electron chi connectivity index (χ1n) is 8.86. The van der Waals surface area contributed by atoms with Crippen LogP contribution in [0.15, 0.2) is 88.9 Å². The van der Waals surface area contributed by atoms with E-state index in [-0.39, 0.29) is 11.9 Å².